The number of alkyl halides is 3. The van der Waals surface area contributed by atoms with Gasteiger partial charge in [0, 0.05) is 12.0 Å². The first-order chi connectivity index (χ1) is 15.1. The zero-order valence-corrected chi connectivity index (χ0v) is 17.0. The molecule has 1 N–H and O–H groups in total. The topological polar surface area (TPSA) is 78.3 Å². The molecule has 32 heavy (non-hydrogen) atoms. The summed E-state index contributed by atoms with van der Waals surface area (Å²) < 4.78 is 65.5. The van der Waals surface area contributed by atoms with Crippen LogP contribution in [0.4, 0.5) is 17.6 Å². The van der Waals surface area contributed by atoms with E-state index in [1.807, 2.05) is 13.8 Å². The van der Waals surface area contributed by atoms with Crippen LogP contribution in [-0.4, -0.2) is 34.2 Å². The van der Waals surface area contributed by atoms with E-state index >= 15 is 0 Å². The second kappa shape index (κ2) is 7.81. The minimum Gasteiger partial charge on any atom is -0.454 e. The van der Waals surface area contributed by atoms with Crippen LogP contribution in [-0.2, 0) is 11.6 Å². The van der Waals surface area contributed by atoms with Gasteiger partial charge in [-0.2, -0.15) is 13.2 Å². The smallest absolute Gasteiger partial charge is 0.435 e. The Kier molecular flexibility index (Phi) is 5.27. The Hall–Kier alpha value is -3.63. The maximum atomic E-state index is 13.8. The summed E-state index contributed by atoms with van der Waals surface area (Å²) in [5.74, 6) is -0.491. The maximum Gasteiger partial charge on any atom is 0.435 e. The zero-order valence-electron chi connectivity index (χ0n) is 17.0. The van der Waals surface area contributed by atoms with Gasteiger partial charge >= 0.3 is 6.18 Å². The van der Waals surface area contributed by atoms with Crippen molar-refractivity contribution in [2.24, 2.45) is 0 Å². The lowest BCUT2D eigenvalue weighted by molar-refractivity contribution is -0.143. The third-order valence-electron chi connectivity index (χ3n) is 5.07. The number of benzene rings is 2. The van der Waals surface area contributed by atoms with Gasteiger partial charge in [0.15, 0.2) is 22.9 Å². The molecule has 0 fully saturated rings. The Bertz CT molecular complexity index is 1160. The first kappa shape index (κ1) is 21.6. The lowest BCUT2D eigenvalue weighted by Gasteiger charge is -2.25. The first-order valence-electron chi connectivity index (χ1n) is 9.53. The van der Waals surface area contributed by atoms with Gasteiger partial charge in [-0.1, -0.05) is 25.1 Å². The molecule has 11 heteroatoms. The van der Waals surface area contributed by atoms with Crippen molar-refractivity contribution in [2.75, 3.05) is 13.3 Å². The maximum absolute atomic E-state index is 13.8. The molecule has 0 saturated heterocycles. The summed E-state index contributed by atoms with van der Waals surface area (Å²) in [5.41, 5.74) is -2.13. The van der Waals surface area contributed by atoms with E-state index in [9.17, 15) is 22.4 Å². The number of amides is 1. The normalized spacial score (nSPS) is 13.3. The van der Waals surface area contributed by atoms with Gasteiger partial charge in [-0.15, -0.1) is 5.10 Å². The van der Waals surface area contributed by atoms with Gasteiger partial charge in [0.2, 0.25) is 6.79 Å². The number of hydrogen-bond acceptors (Lipinski definition) is 5. The fourth-order valence-corrected chi connectivity index (χ4v) is 3.26. The number of ether oxygens (including phenoxy) is 2. The number of rotatable bonds is 5. The van der Waals surface area contributed by atoms with E-state index in [1.165, 1.54) is 0 Å². The summed E-state index contributed by atoms with van der Waals surface area (Å²) in [6.07, 6.45) is -4.92. The molecule has 1 aliphatic heterocycles. The van der Waals surface area contributed by atoms with Crippen molar-refractivity contribution in [3.63, 3.8) is 0 Å². The number of carbonyl (C=O) groups is 1. The van der Waals surface area contributed by atoms with Gasteiger partial charge in [-0.3, -0.25) is 4.79 Å². The quantitative estimate of drug-likeness (QED) is 0.598. The molecule has 1 aliphatic rings. The Balaban J connectivity index is 1.57. The van der Waals surface area contributed by atoms with Crippen molar-refractivity contribution in [1.82, 2.24) is 20.3 Å². The van der Waals surface area contributed by atoms with E-state index in [0.29, 0.717) is 16.2 Å². The molecule has 2 aromatic carbocycles. The summed E-state index contributed by atoms with van der Waals surface area (Å²) in [6.45, 7) is 3.78. The summed E-state index contributed by atoms with van der Waals surface area (Å²) >= 11 is 0. The summed E-state index contributed by atoms with van der Waals surface area (Å²) in [5, 5.41) is 9.44. The second-order valence-electron chi connectivity index (χ2n) is 7.81. The Labute approximate surface area is 179 Å². The van der Waals surface area contributed by atoms with Crippen molar-refractivity contribution in [1.29, 1.82) is 0 Å². The van der Waals surface area contributed by atoms with Crippen LogP contribution in [0.2, 0.25) is 0 Å². The molecule has 0 atom stereocenters. The third kappa shape index (κ3) is 4.10. The highest BCUT2D eigenvalue weighted by molar-refractivity contribution is 5.93. The summed E-state index contributed by atoms with van der Waals surface area (Å²) in [7, 11) is 0. The van der Waals surface area contributed by atoms with Gasteiger partial charge in [-0.05, 0) is 42.0 Å². The van der Waals surface area contributed by atoms with Crippen molar-refractivity contribution in [3.05, 3.63) is 65.2 Å². The minimum atomic E-state index is -4.92. The fourth-order valence-electron chi connectivity index (χ4n) is 3.26. The van der Waals surface area contributed by atoms with Gasteiger partial charge in [0.25, 0.3) is 5.91 Å². The molecule has 0 radical (unpaired) electrons. The van der Waals surface area contributed by atoms with Gasteiger partial charge in [-0.25, -0.2) is 9.07 Å². The zero-order chi connectivity index (χ0) is 23.1. The summed E-state index contributed by atoms with van der Waals surface area (Å²) in [6, 6.07) is 9.51. The van der Waals surface area contributed by atoms with Crippen LogP contribution in [0.1, 0.15) is 35.6 Å². The van der Waals surface area contributed by atoms with Crippen molar-refractivity contribution >= 4 is 5.91 Å². The highest BCUT2D eigenvalue weighted by Gasteiger charge is 2.42. The number of halogens is 4. The molecule has 0 aliphatic carbocycles. The molecule has 0 saturated carbocycles. The highest BCUT2D eigenvalue weighted by atomic mass is 19.4. The lowest BCUT2D eigenvalue weighted by Crippen LogP contribution is -2.37. The molecule has 1 amide bonds. The van der Waals surface area contributed by atoms with E-state index in [1.54, 1.807) is 18.2 Å². The van der Waals surface area contributed by atoms with Crippen LogP contribution < -0.4 is 14.8 Å². The average molecular weight is 450 g/mol. The fraction of sp³-hybridized carbons (Fsp3) is 0.286. The van der Waals surface area contributed by atoms with E-state index in [-0.39, 0.29) is 19.0 Å². The van der Waals surface area contributed by atoms with Crippen LogP contribution in [0.15, 0.2) is 42.5 Å². The summed E-state index contributed by atoms with van der Waals surface area (Å²) in [4.78, 5) is 12.6. The van der Waals surface area contributed by atoms with E-state index < -0.39 is 34.7 Å². The molecule has 2 heterocycles. The van der Waals surface area contributed by atoms with E-state index in [2.05, 4.69) is 15.6 Å². The molecule has 4 rings (SSSR count). The monoisotopic (exact) mass is 450 g/mol. The highest BCUT2D eigenvalue weighted by Crippen LogP contribution is 2.36. The van der Waals surface area contributed by atoms with E-state index in [4.69, 9.17) is 9.47 Å². The number of fused-ring (bicyclic) bond motifs is 1. The largest absolute Gasteiger partial charge is 0.454 e. The Morgan fingerprint density at radius 3 is 2.47 bits per heavy atom. The number of aromatic nitrogens is 3. The molecule has 1 aromatic heterocycles. The van der Waals surface area contributed by atoms with E-state index in [0.717, 1.165) is 29.8 Å². The second-order valence-corrected chi connectivity index (χ2v) is 7.81. The minimum absolute atomic E-state index is 0.0200. The molecule has 0 bridgehead atoms. The predicted octanol–water partition coefficient (Wildman–Crippen LogP) is 3.86. The lowest BCUT2D eigenvalue weighted by atomic mass is 9.84. The molecule has 7 nitrogen and oxygen atoms in total. The van der Waals surface area contributed by atoms with Crippen LogP contribution >= 0.6 is 0 Å². The first-order valence-corrected chi connectivity index (χ1v) is 9.53. The number of nitrogens with zero attached hydrogens (tertiary/aromatic N) is 3. The van der Waals surface area contributed by atoms with Crippen LogP contribution in [0.5, 0.6) is 11.5 Å². The van der Waals surface area contributed by atoms with Crippen molar-refractivity contribution in [3.8, 4) is 17.2 Å². The van der Waals surface area contributed by atoms with Crippen LogP contribution in [0.25, 0.3) is 5.69 Å². The van der Waals surface area contributed by atoms with Gasteiger partial charge < -0.3 is 14.8 Å². The molecule has 3 aromatic rings. The van der Waals surface area contributed by atoms with Gasteiger partial charge in [0.1, 0.15) is 5.82 Å². The molecule has 168 valence electrons. The molecule has 0 unspecified atom stereocenters. The Morgan fingerprint density at radius 2 is 1.78 bits per heavy atom. The van der Waals surface area contributed by atoms with Crippen molar-refractivity contribution < 1.29 is 31.8 Å². The SMILES string of the molecule is CC(C)(CNC(=O)c1nnn(-c2ccc(F)cc2)c1C(F)(F)F)c1ccc2c(c1)OCO2. The number of hydrogen-bond donors (Lipinski definition) is 1. The number of nitrogens with one attached hydrogen (secondary N) is 1. The predicted molar refractivity (Wildman–Crippen MR) is 104 cm³/mol. The van der Waals surface area contributed by atoms with Crippen LogP contribution in [0, 0.1) is 5.82 Å². The standard InChI is InChI=1S/C21H18F4N4O3/c1-20(2,12-3-8-15-16(9-12)32-11-31-15)10-26-19(30)17-18(21(23,24)25)29(28-27-17)14-6-4-13(22)5-7-14/h3-9H,10-11H2,1-2H3,(H,26,30). The third-order valence-corrected chi connectivity index (χ3v) is 5.07. The molecular formula is C21H18F4N4O3. The van der Waals surface area contributed by atoms with Gasteiger partial charge in [0.05, 0.1) is 5.69 Å². The average Bonchev–Trinajstić information content (AvgIpc) is 3.39. The Morgan fingerprint density at radius 1 is 1.09 bits per heavy atom. The molecular weight excluding hydrogens is 432 g/mol. The number of carbonyl (C=O) groups excluding carboxylic acids is 1. The molecule has 0 spiro atoms. The van der Waals surface area contributed by atoms with Crippen molar-refractivity contribution in [2.45, 2.75) is 25.4 Å². The van der Waals surface area contributed by atoms with Crippen LogP contribution in [0.3, 0.4) is 0 Å².